The van der Waals surface area contributed by atoms with Crippen molar-refractivity contribution in [2.24, 2.45) is 0 Å². The van der Waals surface area contributed by atoms with Gasteiger partial charge in [0.05, 0.1) is 0 Å². The number of phenolic OH excluding ortho intramolecular Hbond substituents is 1. The second-order valence-electron chi connectivity index (χ2n) is 4.16. The first kappa shape index (κ1) is 13.5. The van der Waals surface area contributed by atoms with E-state index in [2.05, 4.69) is 10.6 Å². The Morgan fingerprint density at radius 1 is 1.47 bits per heavy atom. The maximum absolute atomic E-state index is 11.0. The molecular weight excluding hydrogens is 216 g/mol. The molecule has 0 aliphatic rings. The summed E-state index contributed by atoms with van der Waals surface area (Å²) in [6.45, 7) is 4.50. The van der Waals surface area contributed by atoms with Crippen LogP contribution in [-0.2, 0) is 4.79 Å². The van der Waals surface area contributed by atoms with Crippen LogP contribution in [0, 0.1) is 6.92 Å². The van der Waals surface area contributed by atoms with Gasteiger partial charge in [0.15, 0.2) is 0 Å². The fraction of sp³-hybridized carbons (Fsp3) is 0.462. The molecule has 17 heavy (non-hydrogen) atoms. The molecule has 3 N–H and O–H groups in total. The van der Waals surface area contributed by atoms with Crippen LogP contribution < -0.4 is 10.6 Å². The lowest BCUT2D eigenvalue weighted by Crippen LogP contribution is -2.26. The number of carbonyl (C=O) groups is 1. The smallest absolute Gasteiger partial charge is 0.221 e. The van der Waals surface area contributed by atoms with Gasteiger partial charge in [-0.2, -0.15) is 0 Å². The minimum absolute atomic E-state index is 0.0119. The summed E-state index contributed by atoms with van der Waals surface area (Å²) < 4.78 is 0. The summed E-state index contributed by atoms with van der Waals surface area (Å²) in [5, 5.41) is 15.6. The zero-order valence-electron chi connectivity index (χ0n) is 10.6. The standard InChI is InChI=1S/C13H20N2O2/c1-9-4-5-11(12(16)8-9)10(2)15-7-6-13(17)14-3/h4-5,8,10,15-16H,6-7H2,1-3H3,(H,14,17). The third-order valence-corrected chi connectivity index (χ3v) is 2.73. The van der Waals surface area contributed by atoms with Crippen molar-refractivity contribution < 1.29 is 9.90 Å². The van der Waals surface area contributed by atoms with E-state index in [0.717, 1.165) is 11.1 Å². The van der Waals surface area contributed by atoms with Gasteiger partial charge in [-0.05, 0) is 25.5 Å². The van der Waals surface area contributed by atoms with E-state index in [1.165, 1.54) is 0 Å². The molecule has 0 heterocycles. The molecule has 0 aliphatic heterocycles. The zero-order valence-corrected chi connectivity index (χ0v) is 10.6. The Morgan fingerprint density at radius 2 is 2.18 bits per heavy atom. The number of aryl methyl sites for hydroxylation is 1. The Hall–Kier alpha value is -1.55. The number of hydrogen-bond acceptors (Lipinski definition) is 3. The summed E-state index contributed by atoms with van der Waals surface area (Å²) in [6.07, 6.45) is 0.438. The highest BCUT2D eigenvalue weighted by Crippen LogP contribution is 2.24. The summed E-state index contributed by atoms with van der Waals surface area (Å²) in [5.74, 6) is 0.308. The third-order valence-electron chi connectivity index (χ3n) is 2.73. The highest BCUT2D eigenvalue weighted by molar-refractivity contribution is 5.75. The third kappa shape index (κ3) is 4.07. The van der Waals surface area contributed by atoms with Crippen LogP contribution >= 0.6 is 0 Å². The van der Waals surface area contributed by atoms with E-state index in [-0.39, 0.29) is 11.9 Å². The largest absolute Gasteiger partial charge is 0.508 e. The molecule has 0 aliphatic carbocycles. The molecule has 1 rings (SSSR count). The molecule has 0 bridgehead atoms. The number of benzene rings is 1. The molecule has 0 saturated heterocycles. The van der Waals surface area contributed by atoms with Crippen LogP contribution in [0.15, 0.2) is 18.2 Å². The summed E-state index contributed by atoms with van der Waals surface area (Å²) in [5.41, 5.74) is 1.89. The van der Waals surface area contributed by atoms with E-state index in [4.69, 9.17) is 0 Å². The van der Waals surface area contributed by atoms with E-state index in [9.17, 15) is 9.90 Å². The van der Waals surface area contributed by atoms with Crippen LogP contribution in [0.5, 0.6) is 5.75 Å². The highest BCUT2D eigenvalue weighted by atomic mass is 16.3. The normalized spacial score (nSPS) is 12.2. The van der Waals surface area contributed by atoms with Crippen LogP contribution in [0.3, 0.4) is 0 Å². The first-order chi connectivity index (χ1) is 8.04. The van der Waals surface area contributed by atoms with Crippen molar-refractivity contribution >= 4 is 5.91 Å². The van der Waals surface area contributed by atoms with Gasteiger partial charge in [-0.15, -0.1) is 0 Å². The van der Waals surface area contributed by atoms with E-state index < -0.39 is 0 Å². The van der Waals surface area contributed by atoms with E-state index in [1.807, 2.05) is 26.0 Å². The highest BCUT2D eigenvalue weighted by Gasteiger charge is 2.10. The summed E-state index contributed by atoms with van der Waals surface area (Å²) in [6, 6.07) is 5.64. The molecule has 4 heteroatoms. The topological polar surface area (TPSA) is 61.4 Å². The molecule has 94 valence electrons. The molecule has 0 spiro atoms. The quantitative estimate of drug-likeness (QED) is 0.726. The Balaban J connectivity index is 2.52. The average molecular weight is 236 g/mol. The average Bonchev–Trinajstić information content (AvgIpc) is 2.28. The van der Waals surface area contributed by atoms with Gasteiger partial charge < -0.3 is 15.7 Å². The van der Waals surface area contributed by atoms with Crippen molar-refractivity contribution in [1.82, 2.24) is 10.6 Å². The molecular formula is C13H20N2O2. The Kier molecular flexibility index (Phi) is 4.97. The van der Waals surface area contributed by atoms with Crippen LogP contribution in [0.2, 0.25) is 0 Å². The van der Waals surface area contributed by atoms with E-state index >= 15 is 0 Å². The zero-order chi connectivity index (χ0) is 12.8. The van der Waals surface area contributed by atoms with Gasteiger partial charge in [0.25, 0.3) is 0 Å². The Bertz CT molecular complexity index is 391. The fourth-order valence-corrected chi connectivity index (χ4v) is 1.66. The second kappa shape index (κ2) is 6.25. The molecule has 0 radical (unpaired) electrons. The molecule has 1 atom stereocenters. The van der Waals surface area contributed by atoms with Crippen LogP contribution in [0.4, 0.5) is 0 Å². The maximum atomic E-state index is 11.0. The number of aromatic hydroxyl groups is 1. The van der Waals surface area contributed by atoms with Crippen LogP contribution in [-0.4, -0.2) is 24.6 Å². The predicted molar refractivity (Wildman–Crippen MR) is 67.9 cm³/mol. The van der Waals surface area contributed by atoms with Gasteiger partial charge in [0, 0.05) is 31.6 Å². The number of hydrogen-bond donors (Lipinski definition) is 3. The number of phenols is 1. The summed E-state index contributed by atoms with van der Waals surface area (Å²) in [4.78, 5) is 11.0. The lowest BCUT2D eigenvalue weighted by Gasteiger charge is -2.15. The molecule has 0 fully saturated rings. The molecule has 4 nitrogen and oxygen atoms in total. The first-order valence-electron chi connectivity index (χ1n) is 5.78. The van der Waals surface area contributed by atoms with E-state index in [0.29, 0.717) is 18.7 Å². The van der Waals surface area contributed by atoms with Crippen molar-refractivity contribution in [3.8, 4) is 5.75 Å². The van der Waals surface area contributed by atoms with Crippen molar-refractivity contribution in [2.75, 3.05) is 13.6 Å². The number of rotatable bonds is 5. The summed E-state index contributed by atoms with van der Waals surface area (Å²) >= 11 is 0. The lowest BCUT2D eigenvalue weighted by atomic mass is 10.1. The Labute approximate surface area is 102 Å². The minimum atomic E-state index is 0.0119. The van der Waals surface area contributed by atoms with Crippen LogP contribution in [0.25, 0.3) is 0 Å². The number of amides is 1. The van der Waals surface area contributed by atoms with Gasteiger partial charge >= 0.3 is 0 Å². The van der Waals surface area contributed by atoms with Gasteiger partial charge in [-0.1, -0.05) is 12.1 Å². The van der Waals surface area contributed by atoms with Gasteiger partial charge in [-0.25, -0.2) is 0 Å². The van der Waals surface area contributed by atoms with Gasteiger partial charge in [0.1, 0.15) is 5.75 Å². The van der Waals surface area contributed by atoms with Gasteiger partial charge in [0.2, 0.25) is 5.91 Å². The first-order valence-corrected chi connectivity index (χ1v) is 5.78. The number of carbonyl (C=O) groups excluding carboxylic acids is 1. The van der Waals surface area contributed by atoms with Crippen LogP contribution in [0.1, 0.15) is 30.5 Å². The van der Waals surface area contributed by atoms with Crippen molar-refractivity contribution in [2.45, 2.75) is 26.3 Å². The van der Waals surface area contributed by atoms with Crippen molar-refractivity contribution in [3.63, 3.8) is 0 Å². The van der Waals surface area contributed by atoms with E-state index in [1.54, 1.807) is 13.1 Å². The molecule has 0 saturated carbocycles. The molecule has 0 aromatic heterocycles. The van der Waals surface area contributed by atoms with Crippen molar-refractivity contribution in [3.05, 3.63) is 29.3 Å². The SMILES string of the molecule is CNC(=O)CCNC(C)c1ccc(C)cc1O. The number of nitrogens with one attached hydrogen (secondary N) is 2. The summed E-state index contributed by atoms with van der Waals surface area (Å²) in [7, 11) is 1.62. The minimum Gasteiger partial charge on any atom is -0.508 e. The van der Waals surface area contributed by atoms with Gasteiger partial charge in [-0.3, -0.25) is 4.79 Å². The maximum Gasteiger partial charge on any atom is 0.221 e. The lowest BCUT2D eigenvalue weighted by molar-refractivity contribution is -0.120. The molecule has 1 amide bonds. The fourth-order valence-electron chi connectivity index (χ4n) is 1.66. The predicted octanol–water partition coefficient (Wildman–Crippen LogP) is 1.49. The van der Waals surface area contributed by atoms with Crippen molar-refractivity contribution in [1.29, 1.82) is 0 Å². The Morgan fingerprint density at radius 3 is 2.76 bits per heavy atom. The second-order valence-corrected chi connectivity index (χ2v) is 4.16. The molecule has 1 unspecified atom stereocenters. The monoisotopic (exact) mass is 236 g/mol. The molecule has 1 aromatic rings. The molecule has 1 aromatic carbocycles.